The Kier molecular flexibility index (Phi) is 3.64. The van der Waals surface area contributed by atoms with Gasteiger partial charge in [-0.3, -0.25) is 4.57 Å². The molecule has 2 aromatic carbocycles. The molecule has 0 aliphatic heterocycles. The number of nitrogens with one attached hydrogen (secondary N) is 1. The summed E-state index contributed by atoms with van der Waals surface area (Å²) in [5.74, 6) is 0.717. The lowest BCUT2D eigenvalue weighted by molar-refractivity contribution is 0.0995. The smallest absolute Gasteiger partial charge is 0.207 e. The van der Waals surface area contributed by atoms with Crippen LogP contribution in [0.5, 0.6) is 17.5 Å². The highest BCUT2D eigenvalue weighted by atomic mass is 16.5. The molecule has 142 valence electrons. The molecule has 1 atom stereocenters. The number of rotatable bonds is 3. The van der Waals surface area contributed by atoms with E-state index in [1.165, 1.54) is 4.57 Å². The molecule has 0 radical (unpaired) electrons. The van der Waals surface area contributed by atoms with Gasteiger partial charge >= 0.3 is 0 Å². The predicted octanol–water partition coefficient (Wildman–Crippen LogP) is 4.29. The molecule has 6 nitrogen and oxygen atoms in total. The van der Waals surface area contributed by atoms with Crippen molar-refractivity contribution in [1.82, 2.24) is 9.55 Å². The topological polar surface area (TPSA) is 79.6 Å². The van der Waals surface area contributed by atoms with E-state index in [1.54, 1.807) is 14.2 Å². The Bertz CT molecular complexity index is 1190. The van der Waals surface area contributed by atoms with Crippen LogP contribution < -0.4 is 4.74 Å². The van der Waals surface area contributed by atoms with Gasteiger partial charge in [0.2, 0.25) is 11.8 Å². The van der Waals surface area contributed by atoms with Gasteiger partial charge in [-0.2, -0.15) is 0 Å². The largest absolute Gasteiger partial charge is 0.497 e. The monoisotopic (exact) mass is 376 g/mol. The third-order valence-corrected chi connectivity index (χ3v) is 5.50. The maximum atomic E-state index is 11.2. The van der Waals surface area contributed by atoms with Gasteiger partial charge in [0.05, 0.1) is 30.0 Å². The number of aromatic nitrogens is 2. The Labute approximate surface area is 161 Å². The summed E-state index contributed by atoms with van der Waals surface area (Å²) in [6.07, 6.45) is 0.204. The molecule has 1 aliphatic carbocycles. The Balaban J connectivity index is 1.86. The van der Waals surface area contributed by atoms with Crippen molar-refractivity contribution in [2.24, 2.45) is 0 Å². The maximum Gasteiger partial charge on any atom is 0.207 e. The van der Waals surface area contributed by atoms with Crippen LogP contribution in [0, 0.1) is 0 Å². The number of aromatic hydroxyl groups is 2. The van der Waals surface area contributed by atoms with Crippen LogP contribution in [-0.4, -0.2) is 34.0 Å². The number of nitrogens with zero attached hydrogens (tertiary/aromatic N) is 1. The van der Waals surface area contributed by atoms with Crippen molar-refractivity contribution in [2.45, 2.75) is 12.5 Å². The van der Waals surface area contributed by atoms with Gasteiger partial charge in [0, 0.05) is 35.7 Å². The summed E-state index contributed by atoms with van der Waals surface area (Å²) in [5.41, 5.74) is 4.65. The molecule has 0 amide bonds. The van der Waals surface area contributed by atoms with E-state index in [1.807, 2.05) is 48.5 Å². The molecule has 4 aromatic rings. The first kappa shape index (κ1) is 16.8. The number of aromatic amines is 1. The fourth-order valence-electron chi connectivity index (χ4n) is 4.22. The van der Waals surface area contributed by atoms with Crippen molar-refractivity contribution in [2.75, 3.05) is 14.2 Å². The average molecular weight is 376 g/mol. The van der Waals surface area contributed by atoms with Gasteiger partial charge < -0.3 is 24.7 Å². The first-order valence-electron chi connectivity index (χ1n) is 9.07. The number of benzene rings is 2. The van der Waals surface area contributed by atoms with Gasteiger partial charge in [-0.05, 0) is 30.3 Å². The SMILES string of the molecule is COc1ccc2[nH]c3c(c2c1)-c1c(c(O)n(-c2ccccc2)c1O)C(OC)C3. The Morgan fingerprint density at radius 1 is 1.00 bits per heavy atom. The van der Waals surface area contributed by atoms with E-state index in [0.717, 1.165) is 27.9 Å². The third-order valence-electron chi connectivity index (χ3n) is 5.50. The van der Waals surface area contributed by atoms with E-state index in [0.29, 0.717) is 23.2 Å². The molecule has 6 heteroatoms. The van der Waals surface area contributed by atoms with E-state index >= 15 is 0 Å². The quantitative estimate of drug-likeness (QED) is 0.498. The minimum absolute atomic E-state index is 0.00607. The van der Waals surface area contributed by atoms with Gasteiger partial charge in [0.1, 0.15) is 5.75 Å². The zero-order chi connectivity index (χ0) is 19.4. The van der Waals surface area contributed by atoms with Crippen LogP contribution >= 0.6 is 0 Å². The molecule has 1 unspecified atom stereocenters. The summed E-state index contributed by atoms with van der Waals surface area (Å²) in [5, 5.41) is 23.1. The number of methoxy groups -OCH3 is 2. The van der Waals surface area contributed by atoms with Crippen LogP contribution in [0.2, 0.25) is 0 Å². The third kappa shape index (κ3) is 2.18. The van der Waals surface area contributed by atoms with E-state index in [-0.39, 0.29) is 17.9 Å². The molecule has 0 saturated heterocycles. The zero-order valence-electron chi connectivity index (χ0n) is 15.6. The van der Waals surface area contributed by atoms with E-state index < -0.39 is 0 Å². The van der Waals surface area contributed by atoms with Crippen LogP contribution in [0.3, 0.4) is 0 Å². The number of para-hydroxylation sites is 1. The second-order valence-electron chi connectivity index (χ2n) is 6.93. The van der Waals surface area contributed by atoms with Gasteiger partial charge in [0.15, 0.2) is 0 Å². The standard InChI is InChI=1S/C22H20N2O4/c1-27-13-8-9-15-14(10-13)18-16(23-15)11-17(28-2)19-20(18)22(26)24(21(19)25)12-6-4-3-5-7-12/h3-10,17,23,25-26H,11H2,1-2H3. The summed E-state index contributed by atoms with van der Waals surface area (Å²) >= 11 is 0. The highest BCUT2D eigenvalue weighted by molar-refractivity contribution is 6.02. The molecule has 0 saturated carbocycles. The number of hydrogen-bond acceptors (Lipinski definition) is 4. The van der Waals surface area contributed by atoms with Crippen LogP contribution in [0.25, 0.3) is 27.7 Å². The summed E-state index contributed by atoms with van der Waals surface area (Å²) in [4.78, 5) is 3.43. The van der Waals surface area contributed by atoms with Gasteiger partial charge in [-0.1, -0.05) is 18.2 Å². The highest BCUT2D eigenvalue weighted by Crippen LogP contribution is 2.53. The molecular weight excluding hydrogens is 356 g/mol. The van der Waals surface area contributed by atoms with Crippen molar-refractivity contribution in [3.05, 3.63) is 59.8 Å². The fraction of sp³-hybridized carbons (Fsp3) is 0.182. The summed E-state index contributed by atoms with van der Waals surface area (Å²) in [7, 11) is 3.24. The molecule has 2 heterocycles. The van der Waals surface area contributed by atoms with Gasteiger partial charge in [0.25, 0.3) is 0 Å². The molecule has 0 bridgehead atoms. The summed E-state index contributed by atoms with van der Waals surface area (Å²) in [6, 6.07) is 15.1. The second kappa shape index (κ2) is 6.07. The molecule has 5 rings (SSSR count). The lowest BCUT2D eigenvalue weighted by atomic mass is 9.88. The number of fused-ring (bicyclic) bond motifs is 5. The molecule has 0 fully saturated rings. The van der Waals surface area contributed by atoms with E-state index in [4.69, 9.17) is 9.47 Å². The highest BCUT2D eigenvalue weighted by Gasteiger charge is 2.37. The Morgan fingerprint density at radius 2 is 1.79 bits per heavy atom. The van der Waals surface area contributed by atoms with Crippen LogP contribution in [0.1, 0.15) is 17.4 Å². The number of H-pyrrole nitrogens is 1. The first-order chi connectivity index (χ1) is 13.6. The van der Waals surface area contributed by atoms with Crippen molar-refractivity contribution >= 4 is 10.9 Å². The Morgan fingerprint density at radius 3 is 2.50 bits per heavy atom. The minimum Gasteiger partial charge on any atom is -0.497 e. The van der Waals surface area contributed by atoms with Crippen molar-refractivity contribution in [3.8, 4) is 34.3 Å². The molecule has 28 heavy (non-hydrogen) atoms. The van der Waals surface area contributed by atoms with E-state index in [9.17, 15) is 10.2 Å². The van der Waals surface area contributed by atoms with Crippen molar-refractivity contribution in [1.29, 1.82) is 0 Å². The molecule has 2 aromatic heterocycles. The summed E-state index contributed by atoms with van der Waals surface area (Å²) < 4.78 is 12.5. The van der Waals surface area contributed by atoms with Crippen LogP contribution in [-0.2, 0) is 11.2 Å². The molecular formula is C22H20N2O4. The van der Waals surface area contributed by atoms with Gasteiger partial charge in [-0.15, -0.1) is 0 Å². The maximum absolute atomic E-state index is 11.2. The Hall–Kier alpha value is -3.38. The summed E-state index contributed by atoms with van der Waals surface area (Å²) in [6.45, 7) is 0. The first-order valence-corrected chi connectivity index (χ1v) is 9.07. The van der Waals surface area contributed by atoms with Crippen LogP contribution in [0.4, 0.5) is 0 Å². The van der Waals surface area contributed by atoms with Crippen molar-refractivity contribution < 1.29 is 19.7 Å². The number of hydrogen-bond donors (Lipinski definition) is 3. The van der Waals surface area contributed by atoms with E-state index in [2.05, 4.69) is 4.98 Å². The molecule has 0 spiro atoms. The molecule has 1 aliphatic rings. The lowest BCUT2D eigenvalue weighted by Gasteiger charge is -2.22. The minimum atomic E-state index is -0.367. The normalized spacial score (nSPS) is 15.4. The fourth-order valence-corrected chi connectivity index (χ4v) is 4.22. The average Bonchev–Trinajstić information content (AvgIpc) is 3.22. The van der Waals surface area contributed by atoms with Gasteiger partial charge in [-0.25, -0.2) is 0 Å². The lowest BCUT2D eigenvalue weighted by Crippen LogP contribution is -2.11. The molecule has 3 N–H and O–H groups in total. The number of ether oxygens (including phenoxy) is 2. The van der Waals surface area contributed by atoms with Crippen molar-refractivity contribution in [3.63, 3.8) is 0 Å². The predicted molar refractivity (Wildman–Crippen MR) is 106 cm³/mol. The van der Waals surface area contributed by atoms with Crippen LogP contribution in [0.15, 0.2) is 48.5 Å². The zero-order valence-corrected chi connectivity index (χ0v) is 15.6. The second-order valence-corrected chi connectivity index (χ2v) is 6.93.